The first kappa shape index (κ1) is 20.1. The van der Waals surface area contributed by atoms with Crippen molar-refractivity contribution in [1.29, 1.82) is 0 Å². The standard InChI is InChI=1S/C14H24N4O5S/c1-9-13(11(3)18(4)16-9)24(22,23)17-10(2)14(21)15-8-6-5-7-12(19)20/h10,17H,5-8H2,1-4H3,(H,15,21)(H,19,20). The highest BCUT2D eigenvalue weighted by molar-refractivity contribution is 7.89. The number of rotatable bonds is 9. The Hall–Kier alpha value is -1.94. The van der Waals surface area contributed by atoms with Crippen molar-refractivity contribution in [2.45, 2.75) is 51.0 Å². The molecule has 10 heteroatoms. The van der Waals surface area contributed by atoms with Gasteiger partial charge in [0.15, 0.2) is 0 Å². The van der Waals surface area contributed by atoms with E-state index in [1.54, 1.807) is 20.9 Å². The van der Waals surface area contributed by atoms with E-state index in [-0.39, 0.29) is 11.3 Å². The maximum atomic E-state index is 12.4. The van der Waals surface area contributed by atoms with Crippen molar-refractivity contribution in [3.63, 3.8) is 0 Å². The van der Waals surface area contributed by atoms with Crippen LogP contribution in [0.3, 0.4) is 0 Å². The van der Waals surface area contributed by atoms with Gasteiger partial charge in [0.25, 0.3) is 0 Å². The SMILES string of the molecule is Cc1nn(C)c(C)c1S(=O)(=O)NC(C)C(=O)NCCCCC(=O)O. The molecule has 1 aromatic heterocycles. The van der Waals surface area contributed by atoms with Gasteiger partial charge in [-0.1, -0.05) is 0 Å². The molecule has 0 saturated heterocycles. The average molecular weight is 360 g/mol. The minimum absolute atomic E-state index is 0.0393. The Bertz CT molecular complexity index is 711. The lowest BCUT2D eigenvalue weighted by Crippen LogP contribution is -2.45. The van der Waals surface area contributed by atoms with E-state index in [0.717, 1.165) is 0 Å². The number of hydrogen-bond acceptors (Lipinski definition) is 5. The molecule has 0 fully saturated rings. The van der Waals surface area contributed by atoms with Crippen molar-refractivity contribution in [2.75, 3.05) is 6.54 Å². The molecular formula is C14H24N4O5S. The van der Waals surface area contributed by atoms with Gasteiger partial charge in [-0.05, 0) is 33.6 Å². The Kier molecular flexibility index (Phi) is 6.91. The predicted octanol–water partition coefficient (Wildman–Crippen LogP) is 0.0748. The molecule has 1 heterocycles. The predicted molar refractivity (Wildman–Crippen MR) is 87.0 cm³/mol. The first-order chi connectivity index (χ1) is 11.1. The second kappa shape index (κ2) is 8.25. The van der Waals surface area contributed by atoms with Gasteiger partial charge >= 0.3 is 5.97 Å². The molecule has 0 saturated carbocycles. The van der Waals surface area contributed by atoms with E-state index in [1.807, 2.05) is 0 Å². The molecule has 0 radical (unpaired) electrons. The maximum Gasteiger partial charge on any atom is 0.303 e. The lowest BCUT2D eigenvalue weighted by molar-refractivity contribution is -0.137. The molecule has 1 rings (SSSR count). The third kappa shape index (κ3) is 5.31. The summed E-state index contributed by atoms with van der Waals surface area (Å²) in [6, 6.07) is -0.950. The average Bonchev–Trinajstić information content (AvgIpc) is 2.70. The van der Waals surface area contributed by atoms with Crippen LogP contribution in [0.15, 0.2) is 4.90 Å². The number of aromatic nitrogens is 2. The van der Waals surface area contributed by atoms with Crippen LogP contribution < -0.4 is 10.0 Å². The molecular weight excluding hydrogens is 336 g/mol. The Morgan fingerprint density at radius 2 is 1.92 bits per heavy atom. The minimum atomic E-state index is -3.86. The summed E-state index contributed by atoms with van der Waals surface area (Å²) in [7, 11) is -2.22. The van der Waals surface area contributed by atoms with Crippen LogP contribution in [-0.4, -0.2) is 47.8 Å². The van der Waals surface area contributed by atoms with Gasteiger partial charge in [0, 0.05) is 20.0 Å². The smallest absolute Gasteiger partial charge is 0.303 e. The van der Waals surface area contributed by atoms with Crippen molar-refractivity contribution < 1.29 is 23.1 Å². The number of carboxylic acid groups (broad SMARTS) is 1. The highest BCUT2D eigenvalue weighted by Gasteiger charge is 2.27. The summed E-state index contributed by atoms with van der Waals surface area (Å²) in [5.41, 5.74) is 0.852. The molecule has 1 amide bonds. The van der Waals surface area contributed by atoms with Crippen molar-refractivity contribution in [2.24, 2.45) is 7.05 Å². The fourth-order valence-electron chi connectivity index (χ4n) is 2.25. The summed E-state index contributed by atoms with van der Waals surface area (Å²) in [5.74, 6) is -1.35. The minimum Gasteiger partial charge on any atom is -0.481 e. The van der Waals surface area contributed by atoms with Crippen LogP contribution in [0.4, 0.5) is 0 Å². The van der Waals surface area contributed by atoms with E-state index in [1.165, 1.54) is 11.6 Å². The van der Waals surface area contributed by atoms with Crippen LogP contribution >= 0.6 is 0 Å². The second-order valence-electron chi connectivity index (χ2n) is 5.61. The van der Waals surface area contributed by atoms with Gasteiger partial charge in [0.2, 0.25) is 15.9 Å². The third-order valence-electron chi connectivity index (χ3n) is 3.55. The Morgan fingerprint density at radius 3 is 2.42 bits per heavy atom. The summed E-state index contributed by atoms with van der Waals surface area (Å²) in [6.45, 7) is 4.98. The number of amides is 1. The van der Waals surface area contributed by atoms with Gasteiger partial charge in [0.1, 0.15) is 4.90 Å². The van der Waals surface area contributed by atoms with E-state index in [9.17, 15) is 18.0 Å². The van der Waals surface area contributed by atoms with Gasteiger partial charge in [-0.3, -0.25) is 14.3 Å². The van der Waals surface area contributed by atoms with E-state index >= 15 is 0 Å². The van der Waals surface area contributed by atoms with Gasteiger partial charge in [-0.2, -0.15) is 9.82 Å². The number of carboxylic acids is 1. The first-order valence-electron chi connectivity index (χ1n) is 7.58. The fraction of sp³-hybridized carbons (Fsp3) is 0.643. The number of unbranched alkanes of at least 4 members (excludes halogenated alkanes) is 1. The molecule has 9 nitrogen and oxygen atoms in total. The van der Waals surface area contributed by atoms with Crippen LogP contribution in [0.25, 0.3) is 0 Å². The van der Waals surface area contributed by atoms with E-state index < -0.39 is 27.9 Å². The molecule has 0 spiro atoms. The molecule has 0 bridgehead atoms. The van der Waals surface area contributed by atoms with Gasteiger partial charge < -0.3 is 10.4 Å². The Balaban J connectivity index is 2.61. The number of nitrogens with zero attached hydrogens (tertiary/aromatic N) is 2. The van der Waals surface area contributed by atoms with E-state index in [2.05, 4.69) is 15.1 Å². The number of nitrogens with one attached hydrogen (secondary N) is 2. The second-order valence-corrected chi connectivity index (χ2v) is 7.26. The molecule has 3 N–H and O–H groups in total. The normalized spacial score (nSPS) is 12.8. The zero-order chi connectivity index (χ0) is 18.5. The van der Waals surface area contributed by atoms with Crippen LogP contribution in [0.1, 0.15) is 37.6 Å². The molecule has 1 atom stereocenters. The molecule has 0 aliphatic rings. The summed E-state index contributed by atoms with van der Waals surface area (Å²) >= 11 is 0. The molecule has 1 aromatic rings. The van der Waals surface area contributed by atoms with Crippen LogP contribution in [0.5, 0.6) is 0 Å². The largest absolute Gasteiger partial charge is 0.481 e. The summed E-state index contributed by atoms with van der Waals surface area (Å²) in [4.78, 5) is 22.4. The molecule has 0 aromatic carbocycles. The lowest BCUT2D eigenvalue weighted by atomic mass is 10.2. The van der Waals surface area contributed by atoms with Crippen LogP contribution in [-0.2, 0) is 26.7 Å². The van der Waals surface area contributed by atoms with E-state index in [4.69, 9.17) is 5.11 Å². The number of hydrogen-bond donors (Lipinski definition) is 3. The number of aryl methyl sites for hydroxylation is 2. The van der Waals surface area contributed by atoms with Gasteiger partial charge in [0.05, 0.1) is 17.4 Å². The summed E-state index contributed by atoms with van der Waals surface area (Å²) < 4.78 is 28.7. The molecule has 24 heavy (non-hydrogen) atoms. The van der Waals surface area contributed by atoms with Gasteiger partial charge in [-0.25, -0.2) is 8.42 Å². The van der Waals surface area contributed by atoms with Crippen molar-refractivity contribution in [3.05, 3.63) is 11.4 Å². The quantitative estimate of drug-likeness (QED) is 0.534. The summed E-state index contributed by atoms with van der Waals surface area (Å²) in [5, 5.41) is 15.2. The Morgan fingerprint density at radius 1 is 1.29 bits per heavy atom. The Labute approximate surface area is 141 Å². The highest BCUT2D eigenvalue weighted by Crippen LogP contribution is 2.18. The highest BCUT2D eigenvalue weighted by atomic mass is 32.2. The molecule has 0 aliphatic heterocycles. The summed E-state index contributed by atoms with van der Waals surface area (Å²) in [6.07, 6.45) is 1.000. The van der Waals surface area contributed by atoms with Crippen LogP contribution in [0, 0.1) is 13.8 Å². The molecule has 0 aliphatic carbocycles. The van der Waals surface area contributed by atoms with Gasteiger partial charge in [-0.15, -0.1) is 0 Å². The van der Waals surface area contributed by atoms with Crippen LogP contribution in [0.2, 0.25) is 0 Å². The molecule has 1 unspecified atom stereocenters. The zero-order valence-corrected chi connectivity index (χ0v) is 15.1. The monoisotopic (exact) mass is 360 g/mol. The fourth-order valence-corrected chi connectivity index (χ4v) is 3.90. The van der Waals surface area contributed by atoms with E-state index in [0.29, 0.717) is 30.8 Å². The number of sulfonamides is 1. The van der Waals surface area contributed by atoms with Crippen molar-refractivity contribution in [3.8, 4) is 0 Å². The number of aliphatic carboxylic acids is 1. The number of carbonyl (C=O) groups is 2. The maximum absolute atomic E-state index is 12.4. The zero-order valence-electron chi connectivity index (χ0n) is 14.3. The van der Waals surface area contributed by atoms with Crippen molar-refractivity contribution >= 4 is 21.9 Å². The number of carbonyl (C=O) groups excluding carboxylic acids is 1. The lowest BCUT2D eigenvalue weighted by Gasteiger charge is -2.14. The van der Waals surface area contributed by atoms with Crippen molar-refractivity contribution in [1.82, 2.24) is 19.8 Å². The first-order valence-corrected chi connectivity index (χ1v) is 9.06. The third-order valence-corrected chi connectivity index (χ3v) is 5.35. The topological polar surface area (TPSA) is 130 Å². The molecule has 136 valence electrons.